The molecule has 1 aliphatic carbocycles. The highest BCUT2D eigenvalue weighted by Crippen LogP contribution is 2.38. The second-order valence-electron chi connectivity index (χ2n) is 10.6. The molecule has 8 nitrogen and oxygen atoms in total. The predicted octanol–water partition coefficient (Wildman–Crippen LogP) is 5.42. The molecule has 3 aromatic rings. The zero-order chi connectivity index (χ0) is 28.2. The zero-order valence-electron chi connectivity index (χ0n) is 23.2. The molecule has 2 aliphatic rings. The zero-order valence-corrected chi connectivity index (χ0v) is 23.2. The van der Waals surface area contributed by atoms with Crippen molar-refractivity contribution in [3.63, 3.8) is 0 Å². The van der Waals surface area contributed by atoms with Crippen LogP contribution >= 0.6 is 0 Å². The molecule has 40 heavy (non-hydrogen) atoms. The maximum Gasteiger partial charge on any atom is 0.296 e. The van der Waals surface area contributed by atoms with Crippen LogP contribution in [0.5, 0.6) is 11.5 Å². The van der Waals surface area contributed by atoms with E-state index in [0.29, 0.717) is 35.7 Å². The molecule has 1 saturated carbocycles. The minimum absolute atomic E-state index is 0.000803. The maximum absolute atomic E-state index is 13.1. The second kappa shape index (κ2) is 11.8. The molecule has 8 heteroatoms. The molecule has 2 fully saturated rings. The minimum Gasteiger partial charge on any atom is -0.493 e. The number of carbonyl (C=O) groups excluding carboxylic acids is 3. The Balaban J connectivity index is 1.28. The average molecular weight is 542 g/mol. The third-order valence-corrected chi connectivity index (χ3v) is 7.63. The number of hydrogen-bond acceptors (Lipinski definition) is 6. The molecule has 1 saturated heterocycles. The predicted molar refractivity (Wildman–Crippen MR) is 156 cm³/mol. The third-order valence-electron chi connectivity index (χ3n) is 7.63. The van der Waals surface area contributed by atoms with Crippen LogP contribution in [0.2, 0.25) is 0 Å². The second-order valence-corrected chi connectivity index (χ2v) is 10.6. The topological polar surface area (TPSA) is 88.2 Å². The maximum atomic E-state index is 13.1. The number of carbonyl (C=O) groups is 3. The van der Waals surface area contributed by atoms with Crippen molar-refractivity contribution in [3.05, 3.63) is 77.9 Å². The van der Waals surface area contributed by atoms with Gasteiger partial charge in [0.1, 0.15) is 0 Å². The van der Waals surface area contributed by atoms with Crippen molar-refractivity contribution < 1.29 is 23.9 Å². The summed E-state index contributed by atoms with van der Waals surface area (Å²) in [7, 11) is 5.38. The standard InChI is InChI=1S/C32H35N3O5/c1-34(2)25-10-6-8-22(16-25)31(37)32(38)33-24-9-7-11-26(19-24)35-20-23(18-30(35)36)21-14-15-28(39-3)29(17-21)40-27-12-4-5-13-27/h6-11,14-17,19,23,27H,4-5,12-13,18,20H2,1-3H3,(H,33,38)/t23-/m0/s1. The van der Waals surface area contributed by atoms with E-state index in [-0.39, 0.29) is 17.9 Å². The lowest BCUT2D eigenvalue weighted by molar-refractivity contribution is -0.117. The summed E-state index contributed by atoms with van der Waals surface area (Å²) in [6.07, 6.45) is 5.01. The molecule has 0 radical (unpaired) electrons. The van der Waals surface area contributed by atoms with Gasteiger partial charge in [-0.1, -0.05) is 24.3 Å². The summed E-state index contributed by atoms with van der Waals surface area (Å²) in [6, 6.07) is 19.9. The van der Waals surface area contributed by atoms with E-state index in [9.17, 15) is 14.4 Å². The van der Waals surface area contributed by atoms with Crippen molar-refractivity contribution in [2.45, 2.75) is 44.1 Å². The molecule has 0 bridgehead atoms. The first-order valence-corrected chi connectivity index (χ1v) is 13.7. The number of nitrogens with zero attached hydrogens (tertiary/aromatic N) is 2. The Kier molecular flexibility index (Phi) is 8.05. The van der Waals surface area contributed by atoms with Crippen LogP contribution in [0.3, 0.4) is 0 Å². The fraction of sp³-hybridized carbons (Fsp3) is 0.344. The summed E-state index contributed by atoms with van der Waals surface area (Å²) in [6.45, 7) is 0.502. The van der Waals surface area contributed by atoms with E-state index < -0.39 is 11.7 Å². The van der Waals surface area contributed by atoms with Gasteiger partial charge in [-0.25, -0.2) is 0 Å². The first kappa shape index (κ1) is 27.2. The number of methoxy groups -OCH3 is 1. The van der Waals surface area contributed by atoms with E-state index in [2.05, 4.69) is 5.32 Å². The SMILES string of the molecule is COc1ccc([C@H]2CC(=O)N(c3cccc(NC(=O)C(=O)c4cccc(N(C)C)c4)c3)C2)cc1OC1CCCC1. The van der Waals surface area contributed by atoms with Gasteiger partial charge in [0.05, 0.1) is 13.2 Å². The van der Waals surface area contributed by atoms with Crippen LogP contribution in [0.15, 0.2) is 66.7 Å². The number of nitrogens with one attached hydrogen (secondary N) is 1. The molecule has 5 rings (SSSR count). The molecule has 1 aliphatic heterocycles. The van der Waals surface area contributed by atoms with Gasteiger partial charge in [0.25, 0.3) is 11.7 Å². The monoisotopic (exact) mass is 541 g/mol. The van der Waals surface area contributed by atoms with Gasteiger partial charge in [0.15, 0.2) is 11.5 Å². The molecule has 208 valence electrons. The fourth-order valence-electron chi connectivity index (χ4n) is 5.40. The van der Waals surface area contributed by atoms with Gasteiger partial charge in [-0.3, -0.25) is 14.4 Å². The largest absolute Gasteiger partial charge is 0.493 e. The Labute approximate surface area is 234 Å². The average Bonchev–Trinajstić information content (AvgIpc) is 3.62. The third kappa shape index (κ3) is 5.96. The summed E-state index contributed by atoms with van der Waals surface area (Å²) in [4.78, 5) is 42.2. The van der Waals surface area contributed by atoms with Crippen molar-refractivity contribution in [3.8, 4) is 11.5 Å². The molecule has 0 aromatic heterocycles. The number of benzene rings is 3. The molecule has 0 unspecified atom stereocenters. The quantitative estimate of drug-likeness (QED) is 0.287. The lowest BCUT2D eigenvalue weighted by Gasteiger charge is -2.20. The van der Waals surface area contributed by atoms with Gasteiger partial charge in [-0.15, -0.1) is 0 Å². The highest BCUT2D eigenvalue weighted by Gasteiger charge is 2.32. The number of amides is 2. The Hall–Kier alpha value is -4.33. The summed E-state index contributed by atoms with van der Waals surface area (Å²) < 4.78 is 11.8. The Bertz CT molecular complexity index is 1410. The molecule has 2 amide bonds. The van der Waals surface area contributed by atoms with Gasteiger partial charge in [0, 0.05) is 55.6 Å². The number of rotatable bonds is 9. The number of ether oxygens (including phenoxy) is 2. The van der Waals surface area contributed by atoms with E-state index in [4.69, 9.17) is 9.47 Å². The summed E-state index contributed by atoms with van der Waals surface area (Å²) in [5, 5.41) is 2.69. The summed E-state index contributed by atoms with van der Waals surface area (Å²) in [5.74, 6) is 0.0621. The van der Waals surface area contributed by atoms with Gasteiger partial charge >= 0.3 is 0 Å². The van der Waals surface area contributed by atoms with Crippen molar-refractivity contribution in [1.29, 1.82) is 0 Å². The molecule has 1 heterocycles. The minimum atomic E-state index is -0.730. The summed E-state index contributed by atoms with van der Waals surface area (Å²) >= 11 is 0. The van der Waals surface area contributed by atoms with Crippen molar-refractivity contribution >= 4 is 34.7 Å². The molecule has 1 atom stereocenters. The van der Waals surface area contributed by atoms with Crippen LogP contribution in [0.4, 0.5) is 17.1 Å². The van der Waals surface area contributed by atoms with Gasteiger partial charge in [-0.2, -0.15) is 0 Å². The summed E-state index contributed by atoms with van der Waals surface area (Å²) in [5.41, 5.74) is 3.29. The molecule has 3 aromatic carbocycles. The van der Waals surface area contributed by atoms with Gasteiger partial charge in [0.2, 0.25) is 5.91 Å². The van der Waals surface area contributed by atoms with Crippen molar-refractivity contribution in [1.82, 2.24) is 0 Å². The Morgan fingerprint density at radius 1 is 0.950 bits per heavy atom. The molecule has 1 N–H and O–H groups in total. The van der Waals surface area contributed by atoms with Crippen molar-refractivity contribution in [2.75, 3.05) is 42.9 Å². The number of ketones is 1. The fourth-order valence-corrected chi connectivity index (χ4v) is 5.40. The van der Waals surface area contributed by atoms with Crippen LogP contribution in [0, 0.1) is 0 Å². The van der Waals surface area contributed by atoms with E-state index >= 15 is 0 Å². The van der Waals surface area contributed by atoms with Crippen LogP contribution < -0.4 is 24.6 Å². The van der Waals surface area contributed by atoms with Gasteiger partial charge < -0.3 is 24.6 Å². The Morgan fingerprint density at radius 2 is 1.73 bits per heavy atom. The Morgan fingerprint density at radius 3 is 2.48 bits per heavy atom. The highest BCUT2D eigenvalue weighted by atomic mass is 16.5. The van der Waals surface area contributed by atoms with Crippen LogP contribution in [0.1, 0.15) is 53.9 Å². The smallest absolute Gasteiger partial charge is 0.296 e. The molecule has 0 spiro atoms. The van der Waals surface area contributed by atoms with E-state index in [1.807, 2.05) is 49.3 Å². The van der Waals surface area contributed by atoms with Crippen LogP contribution in [0.25, 0.3) is 0 Å². The molecular weight excluding hydrogens is 506 g/mol. The first-order chi connectivity index (χ1) is 19.3. The lowest BCUT2D eigenvalue weighted by Crippen LogP contribution is -2.25. The normalized spacial score (nSPS) is 17.1. The number of anilines is 3. The first-order valence-electron chi connectivity index (χ1n) is 13.7. The number of Topliss-reactive ketones (excluding diaryl/α,β-unsaturated/α-hetero) is 1. The highest BCUT2D eigenvalue weighted by molar-refractivity contribution is 6.46. The lowest BCUT2D eigenvalue weighted by atomic mass is 9.98. The van der Waals surface area contributed by atoms with Crippen molar-refractivity contribution in [2.24, 2.45) is 0 Å². The van der Waals surface area contributed by atoms with E-state index in [0.717, 1.165) is 29.8 Å². The van der Waals surface area contributed by atoms with E-state index in [1.165, 1.54) is 12.8 Å². The van der Waals surface area contributed by atoms with Gasteiger partial charge in [-0.05, 0) is 73.7 Å². The number of hydrogen-bond donors (Lipinski definition) is 1. The van der Waals surface area contributed by atoms with E-state index in [1.54, 1.807) is 48.4 Å². The molecular formula is C32H35N3O5. The van der Waals surface area contributed by atoms with Crippen LogP contribution in [-0.2, 0) is 9.59 Å². The van der Waals surface area contributed by atoms with Crippen LogP contribution in [-0.4, -0.2) is 51.5 Å².